The van der Waals surface area contributed by atoms with Gasteiger partial charge in [0.1, 0.15) is 5.75 Å². The first kappa shape index (κ1) is 23.9. The van der Waals surface area contributed by atoms with Crippen LogP contribution in [0.2, 0.25) is 0 Å². The number of carbonyl (C=O) groups is 2. The Morgan fingerprint density at radius 1 is 1.09 bits per heavy atom. The Morgan fingerprint density at radius 3 is 2.53 bits per heavy atom. The van der Waals surface area contributed by atoms with Crippen LogP contribution in [0.25, 0.3) is 11.3 Å². The Kier molecular flexibility index (Phi) is 7.92. The van der Waals surface area contributed by atoms with Crippen molar-refractivity contribution in [1.82, 2.24) is 14.8 Å². The van der Waals surface area contributed by atoms with Crippen LogP contribution in [0.15, 0.2) is 53.9 Å². The van der Waals surface area contributed by atoms with Crippen LogP contribution in [-0.2, 0) is 16.0 Å². The molecule has 1 fully saturated rings. The second-order valence-corrected chi connectivity index (χ2v) is 9.45. The molecule has 0 atom stereocenters. The van der Waals surface area contributed by atoms with Crippen LogP contribution >= 0.6 is 11.3 Å². The summed E-state index contributed by atoms with van der Waals surface area (Å²) in [6.45, 7) is 4.97. The van der Waals surface area contributed by atoms with Gasteiger partial charge >= 0.3 is 0 Å². The highest BCUT2D eigenvalue weighted by molar-refractivity contribution is 7.09. The van der Waals surface area contributed by atoms with E-state index in [1.807, 2.05) is 65.7 Å². The SMILES string of the molecule is COc1ccc(CCC(=O)N2CCN(CC(=O)Nc3cccc(-c4csc(C)n4)c3)CC2)cc1. The van der Waals surface area contributed by atoms with Gasteiger partial charge in [-0.25, -0.2) is 4.98 Å². The number of methoxy groups -OCH3 is 1. The molecule has 0 spiro atoms. The van der Waals surface area contributed by atoms with Crippen LogP contribution in [0.3, 0.4) is 0 Å². The van der Waals surface area contributed by atoms with Crippen LogP contribution in [0.4, 0.5) is 5.69 Å². The largest absolute Gasteiger partial charge is 0.497 e. The molecule has 0 unspecified atom stereocenters. The second-order valence-electron chi connectivity index (χ2n) is 8.39. The van der Waals surface area contributed by atoms with Crippen molar-refractivity contribution >= 4 is 28.8 Å². The first-order valence-corrected chi connectivity index (χ1v) is 12.3. The number of hydrogen-bond donors (Lipinski definition) is 1. The third-order valence-corrected chi connectivity index (χ3v) is 6.71. The van der Waals surface area contributed by atoms with Crippen molar-refractivity contribution in [3.05, 3.63) is 64.5 Å². The molecule has 2 amide bonds. The molecule has 2 aromatic carbocycles. The first-order chi connectivity index (χ1) is 16.5. The maximum atomic E-state index is 12.6. The number of aryl methyl sites for hydroxylation is 2. The van der Waals surface area contributed by atoms with Gasteiger partial charge in [-0.3, -0.25) is 14.5 Å². The zero-order chi connectivity index (χ0) is 23.9. The molecule has 2 heterocycles. The number of anilines is 1. The summed E-state index contributed by atoms with van der Waals surface area (Å²) in [5.74, 6) is 0.928. The summed E-state index contributed by atoms with van der Waals surface area (Å²) in [7, 11) is 1.64. The molecular formula is C26H30N4O3S. The standard InChI is InChI=1S/C26H30N4O3S/c1-19-27-24(18-34-19)21-4-3-5-22(16-21)28-25(31)17-29-12-14-30(15-13-29)26(32)11-8-20-6-9-23(33-2)10-7-20/h3-7,9-10,16,18H,8,11-15,17H2,1-2H3,(H,28,31). The summed E-state index contributed by atoms with van der Waals surface area (Å²) in [6, 6.07) is 15.6. The minimum Gasteiger partial charge on any atom is -0.497 e. The van der Waals surface area contributed by atoms with E-state index in [9.17, 15) is 9.59 Å². The summed E-state index contributed by atoms with van der Waals surface area (Å²) >= 11 is 1.61. The highest BCUT2D eigenvalue weighted by Gasteiger charge is 2.22. The minimum atomic E-state index is -0.0501. The fraction of sp³-hybridized carbons (Fsp3) is 0.346. The Morgan fingerprint density at radius 2 is 1.85 bits per heavy atom. The molecule has 0 aliphatic carbocycles. The van der Waals surface area contributed by atoms with E-state index in [0.717, 1.165) is 33.3 Å². The lowest BCUT2D eigenvalue weighted by Gasteiger charge is -2.34. The maximum Gasteiger partial charge on any atom is 0.238 e. The van der Waals surface area contributed by atoms with Gasteiger partial charge in [-0.05, 0) is 43.2 Å². The Bertz CT molecular complexity index is 1120. The molecule has 34 heavy (non-hydrogen) atoms. The monoisotopic (exact) mass is 478 g/mol. The predicted molar refractivity (Wildman–Crippen MR) is 135 cm³/mol. The number of benzene rings is 2. The molecule has 8 heteroatoms. The second kappa shape index (κ2) is 11.3. The number of hydrogen-bond acceptors (Lipinski definition) is 6. The van der Waals surface area contributed by atoms with Crippen molar-refractivity contribution in [3.63, 3.8) is 0 Å². The molecule has 178 valence electrons. The molecule has 1 N–H and O–H groups in total. The van der Waals surface area contributed by atoms with Gasteiger partial charge in [-0.15, -0.1) is 11.3 Å². The molecule has 0 radical (unpaired) electrons. The molecule has 1 aliphatic heterocycles. The maximum absolute atomic E-state index is 12.6. The van der Waals surface area contributed by atoms with Gasteiger partial charge in [-0.2, -0.15) is 0 Å². The number of thiazole rings is 1. The minimum absolute atomic E-state index is 0.0501. The average molecular weight is 479 g/mol. The van der Waals surface area contributed by atoms with Gasteiger partial charge in [0.15, 0.2) is 0 Å². The molecule has 1 saturated heterocycles. The fourth-order valence-corrected chi connectivity index (χ4v) is 4.63. The van der Waals surface area contributed by atoms with Crippen molar-refractivity contribution in [2.45, 2.75) is 19.8 Å². The molecule has 0 bridgehead atoms. The fourth-order valence-electron chi connectivity index (χ4n) is 4.01. The lowest BCUT2D eigenvalue weighted by atomic mass is 10.1. The van der Waals surface area contributed by atoms with E-state index < -0.39 is 0 Å². The normalized spacial score (nSPS) is 14.1. The van der Waals surface area contributed by atoms with E-state index in [0.29, 0.717) is 45.6 Å². The molecule has 4 rings (SSSR count). The van der Waals surface area contributed by atoms with Gasteiger partial charge < -0.3 is 15.0 Å². The van der Waals surface area contributed by atoms with Crippen LogP contribution in [0, 0.1) is 6.92 Å². The summed E-state index contributed by atoms with van der Waals surface area (Å²) < 4.78 is 5.17. The summed E-state index contributed by atoms with van der Waals surface area (Å²) in [4.78, 5) is 33.7. The van der Waals surface area contributed by atoms with Gasteiger partial charge in [0.05, 0.1) is 24.4 Å². The number of amides is 2. The number of carbonyl (C=O) groups excluding carboxylic acids is 2. The smallest absolute Gasteiger partial charge is 0.238 e. The summed E-state index contributed by atoms with van der Waals surface area (Å²) in [5, 5.41) is 6.03. The lowest BCUT2D eigenvalue weighted by molar-refractivity contribution is -0.133. The summed E-state index contributed by atoms with van der Waals surface area (Å²) in [6.07, 6.45) is 1.20. The molecule has 1 aliphatic rings. The van der Waals surface area contributed by atoms with Crippen molar-refractivity contribution in [2.24, 2.45) is 0 Å². The van der Waals surface area contributed by atoms with E-state index >= 15 is 0 Å². The van der Waals surface area contributed by atoms with Gasteiger partial charge in [0, 0.05) is 49.2 Å². The highest BCUT2D eigenvalue weighted by Crippen LogP contribution is 2.24. The number of piperazine rings is 1. The number of aromatic nitrogens is 1. The number of nitrogens with one attached hydrogen (secondary N) is 1. The van der Waals surface area contributed by atoms with Gasteiger partial charge in [0.25, 0.3) is 0 Å². The molecule has 3 aromatic rings. The van der Waals surface area contributed by atoms with Crippen LogP contribution in [-0.4, -0.2) is 66.4 Å². The summed E-state index contributed by atoms with van der Waals surface area (Å²) in [5.41, 5.74) is 3.80. The molecule has 0 saturated carbocycles. The number of rotatable bonds is 8. The Balaban J connectivity index is 1.20. The third kappa shape index (κ3) is 6.42. The predicted octanol–water partition coefficient (Wildman–Crippen LogP) is 3.84. The molecule has 1 aromatic heterocycles. The van der Waals surface area contributed by atoms with E-state index in [4.69, 9.17) is 4.74 Å². The zero-order valence-corrected chi connectivity index (χ0v) is 20.4. The Hall–Kier alpha value is -3.23. The van der Waals surface area contributed by atoms with Gasteiger partial charge in [0.2, 0.25) is 11.8 Å². The lowest BCUT2D eigenvalue weighted by Crippen LogP contribution is -2.50. The Labute approximate surface area is 204 Å². The van der Waals surface area contributed by atoms with E-state index in [-0.39, 0.29) is 11.8 Å². The van der Waals surface area contributed by atoms with E-state index in [1.165, 1.54) is 0 Å². The van der Waals surface area contributed by atoms with Crippen molar-refractivity contribution in [3.8, 4) is 17.0 Å². The topological polar surface area (TPSA) is 74.8 Å². The number of nitrogens with zero attached hydrogens (tertiary/aromatic N) is 3. The van der Waals surface area contributed by atoms with Crippen LogP contribution < -0.4 is 10.1 Å². The zero-order valence-electron chi connectivity index (χ0n) is 19.6. The third-order valence-electron chi connectivity index (χ3n) is 5.94. The first-order valence-electron chi connectivity index (χ1n) is 11.5. The van der Waals surface area contributed by atoms with E-state index in [1.54, 1.807) is 18.4 Å². The van der Waals surface area contributed by atoms with Crippen molar-refractivity contribution < 1.29 is 14.3 Å². The molecular weight excluding hydrogens is 448 g/mol. The molecule has 7 nitrogen and oxygen atoms in total. The van der Waals surface area contributed by atoms with Gasteiger partial charge in [-0.1, -0.05) is 24.3 Å². The average Bonchev–Trinajstić information content (AvgIpc) is 3.30. The highest BCUT2D eigenvalue weighted by atomic mass is 32.1. The van der Waals surface area contributed by atoms with Crippen LogP contribution in [0.1, 0.15) is 17.0 Å². The number of ether oxygens (including phenoxy) is 1. The van der Waals surface area contributed by atoms with Crippen molar-refractivity contribution in [2.75, 3.05) is 45.2 Å². The van der Waals surface area contributed by atoms with Crippen molar-refractivity contribution in [1.29, 1.82) is 0 Å². The van der Waals surface area contributed by atoms with E-state index in [2.05, 4.69) is 15.2 Å². The quantitative estimate of drug-likeness (QED) is 0.532. The van der Waals surface area contributed by atoms with Crippen LogP contribution in [0.5, 0.6) is 5.75 Å².